The van der Waals surface area contributed by atoms with Crippen molar-refractivity contribution in [2.75, 3.05) is 18.8 Å². The number of ether oxygens (including phenoxy) is 1. The van der Waals surface area contributed by atoms with Gasteiger partial charge in [-0.05, 0) is 25.3 Å². The Morgan fingerprint density at radius 2 is 2.30 bits per heavy atom. The number of hydrogen-bond acceptors (Lipinski definition) is 5. The molecule has 128 valence electrons. The van der Waals surface area contributed by atoms with Crippen LogP contribution in [-0.2, 0) is 10.0 Å². The lowest BCUT2D eigenvalue weighted by atomic mass is 10.1. The van der Waals surface area contributed by atoms with Crippen LogP contribution in [0, 0.1) is 0 Å². The summed E-state index contributed by atoms with van der Waals surface area (Å²) in [6.45, 7) is 2.84. The molecule has 0 aromatic carbocycles. The molecule has 1 aliphatic rings. The Morgan fingerprint density at radius 3 is 3.00 bits per heavy atom. The first-order valence-electron chi connectivity index (χ1n) is 7.82. The molecule has 8 heteroatoms. The fourth-order valence-electron chi connectivity index (χ4n) is 2.52. The van der Waals surface area contributed by atoms with Gasteiger partial charge < -0.3 is 10.5 Å². The summed E-state index contributed by atoms with van der Waals surface area (Å²) < 4.78 is 31.9. The Morgan fingerprint density at radius 1 is 1.52 bits per heavy atom. The first-order valence-corrected chi connectivity index (χ1v) is 9.43. The van der Waals surface area contributed by atoms with Gasteiger partial charge in [-0.25, -0.2) is 8.42 Å². The molecule has 1 saturated heterocycles. The van der Waals surface area contributed by atoms with Crippen molar-refractivity contribution in [1.29, 1.82) is 0 Å². The standard InChI is InChI=1S/C15H23N3O4S/c1-2-3-9-23(20,21)18-8-4-5-13(11-18)22-12-6-7-17-14(10-12)15(16)19/h6-7,10,13H,2-5,8-9,11H2,1H3,(H2,16,19). The summed E-state index contributed by atoms with van der Waals surface area (Å²) >= 11 is 0. The number of carbonyl (C=O) groups is 1. The van der Waals surface area contributed by atoms with Gasteiger partial charge >= 0.3 is 0 Å². The highest BCUT2D eigenvalue weighted by molar-refractivity contribution is 7.89. The highest BCUT2D eigenvalue weighted by atomic mass is 32.2. The number of primary amides is 1. The fraction of sp³-hybridized carbons (Fsp3) is 0.600. The lowest BCUT2D eigenvalue weighted by molar-refractivity contribution is 0.0993. The number of hydrogen-bond donors (Lipinski definition) is 1. The maximum atomic E-state index is 12.3. The maximum Gasteiger partial charge on any atom is 0.267 e. The zero-order valence-corrected chi connectivity index (χ0v) is 14.1. The molecule has 23 heavy (non-hydrogen) atoms. The van der Waals surface area contributed by atoms with Crippen molar-refractivity contribution in [2.45, 2.75) is 38.7 Å². The number of piperidine rings is 1. The van der Waals surface area contributed by atoms with Crippen LogP contribution in [0.4, 0.5) is 0 Å². The van der Waals surface area contributed by atoms with Gasteiger partial charge in [-0.15, -0.1) is 0 Å². The van der Waals surface area contributed by atoms with E-state index in [1.807, 2.05) is 6.92 Å². The highest BCUT2D eigenvalue weighted by Gasteiger charge is 2.29. The summed E-state index contributed by atoms with van der Waals surface area (Å²) in [6.07, 6.45) is 4.26. The number of nitrogens with two attached hydrogens (primary N) is 1. The molecular formula is C15H23N3O4S. The van der Waals surface area contributed by atoms with Crippen LogP contribution in [0.25, 0.3) is 0 Å². The van der Waals surface area contributed by atoms with E-state index in [2.05, 4.69) is 4.98 Å². The molecule has 7 nitrogen and oxygen atoms in total. The summed E-state index contributed by atoms with van der Waals surface area (Å²) in [4.78, 5) is 15.0. The predicted molar refractivity (Wildman–Crippen MR) is 86.7 cm³/mol. The van der Waals surface area contributed by atoms with Crippen molar-refractivity contribution in [2.24, 2.45) is 5.73 Å². The van der Waals surface area contributed by atoms with Crippen molar-refractivity contribution in [3.63, 3.8) is 0 Å². The minimum absolute atomic E-state index is 0.130. The van der Waals surface area contributed by atoms with E-state index in [0.717, 1.165) is 19.3 Å². The van der Waals surface area contributed by atoms with Gasteiger partial charge in [-0.1, -0.05) is 13.3 Å². The van der Waals surface area contributed by atoms with E-state index < -0.39 is 15.9 Å². The number of rotatable bonds is 7. The van der Waals surface area contributed by atoms with Crippen LogP contribution >= 0.6 is 0 Å². The largest absolute Gasteiger partial charge is 0.489 e. The van der Waals surface area contributed by atoms with Crippen LogP contribution < -0.4 is 10.5 Å². The molecule has 1 atom stereocenters. The monoisotopic (exact) mass is 341 g/mol. The molecule has 0 saturated carbocycles. The van der Waals surface area contributed by atoms with Crippen LogP contribution in [-0.4, -0.2) is 48.6 Å². The molecule has 1 unspecified atom stereocenters. The molecule has 1 aliphatic heterocycles. The number of unbranched alkanes of at least 4 members (excludes halogenated alkanes) is 1. The average Bonchev–Trinajstić information content (AvgIpc) is 2.53. The number of aromatic nitrogens is 1. The van der Waals surface area contributed by atoms with Crippen LogP contribution in [0.15, 0.2) is 18.3 Å². The lowest BCUT2D eigenvalue weighted by Gasteiger charge is -2.32. The molecule has 0 radical (unpaired) electrons. The summed E-state index contributed by atoms with van der Waals surface area (Å²) in [5, 5.41) is 0. The molecule has 2 rings (SSSR count). The second kappa shape index (κ2) is 7.74. The minimum Gasteiger partial charge on any atom is -0.489 e. The molecular weight excluding hydrogens is 318 g/mol. The van der Waals surface area contributed by atoms with E-state index in [9.17, 15) is 13.2 Å². The molecule has 1 aromatic rings. The van der Waals surface area contributed by atoms with Gasteiger partial charge in [0, 0.05) is 18.8 Å². The van der Waals surface area contributed by atoms with Gasteiger partial charge in [0.05, 0.1) is 12.3 Å². The van der Waals surface area contributed by atoms with E-state index >= 15 is 0 Å². The van der Waals surface area contributed by atoms with Gasteiger partial charge in [0.2, 0.25) is 10.0 Å². The second-order valence-corrected chi connectivity index (χ2v) is 7.74. The van der Waals surface area contributed by atoms with Crippen LogP contribution in [0.3, 0.4) is 0 Å². The Balaban J connectivity index is 2.01. The van der Waals surface area contributed by atoms with Crippen molar-refractivity contribution in [3.05, 3.63) is 24.0 Å². The Bertz CT molecular complexity index is 648. The maximum absolute atomic E-state index is 12.3. The number of sulfonamides is 1. The Kier molecular flexibility index (Phi) is 5.95. The van der Waals surface area contributed by atoms with E-state index in [0.29, 0.717) is 25.3 Å². The quantitative estimate of drug-likeness (QED) is 0.801. The molecule has 2 N–H and O–H groups in total. The van der Waals surface area contributed by atoms with Crippen LogP contribution in [0.1, 0.15) is 43.1 Å². The van der Waals surface area contributed by atoms with Crippen LogP contribution in [0.2, 0.25) is 0 Å². The predicted octanol–water partition coefficient (Wildman–Crippen LogP) is 1.15. The van der Waals surface area contributed by atoms with Crippen LogP contribution in [0.5, 0.6) is 5.75 Å². The van der Waals surface area contributed by atoms with Crippen molar-refractivity contribution >= 4 is 15.9 Å². The lowest BCUT2D eigenvalue weighted by Crippen LogP contribution is -2.45. The normalized spacial score (nSPS) is 19.4. The van der Waals surface area contributed by atoms with E-state index in [1.54, 1.807) is 6.07 Å². The number of carbonyl (C=O) groups excluding carboxylic acids is 1. The Labute approximate surface area is 136 Å². The summed E-state index contributed by atoms with van der Waals surface area (Å²) in [5.41, 5.74) is 5.33. The van der Waals surface area contributed by atoms with Gasteiger partial charge in [0.25, 0.3) is 5.91 Å². The summed E-state index contributed by atoms with van der Waals surface area (Å²) in [7, 11) is -3.23. The van der Waals surface area contributed by atoms with Crippen molar-refractivity contribution in [3.8, 4) is 5.75 Å². The zero-order chi connectivity index (χ0) is 16.9. The SMILES string of the molecule is CCCCS(=O)(=O)N1CCCC(Oc2ccnc(C(N)=O)c2)C1. The molecule has 1 amide bonds. The number of nitrogens with zero attached hydrogens (tertiary/aromatic N) is 2. The van der Waals surface area contributed by atoms with E-state index in [-0.39, 0.29) is 17.6 Å². The molecule has 0 bridgehead atoms. The smallest absolute Gasteiger partial charge is 0.267 e. The van der Waals surface area contributed by atoms with Gasteiger partial charge in [0.1, 0.15) is 17.5 Å². The van der Waals surface area contributed by atoms with E-state index in [1.165, 1.54) is 16.6 Å². The molecule has 0 spiro atoms. The van der Waals surface area contributed by atoms with Crippen molar-refractivity contribution in [1.82, 2.24) is 9.29 Å². The summed E-state index contributed by atoms with van der Waals surface area (Å²) in [6, 6.07) is 3.11. The summed E-state index contributed by atoms with van der Waals surface area (Å²) in [5.74, 6) is 0.0339. The molecule has 0 aliphatic carbocycles. The van der Waals surface area contributed by atoms with Crippen molar-refractivity contribution < 1.29 is 17.9 Å². The second-order valence-electron chi connectivity index (χ2n) is 5.65. The third-order valence-corrected chi connectivity index (χ3v) is 5.70. The number of amides is 1. The topological polar surface area (TPSA) is 103 Å². The first kappa shape index (κ1) is 17.7. The molecule has 1 fully saturated rings. The molecule has 2 heterocycles. The third-order valence-electron chi connectivity index (χ3n) is 3.78. The third kappa shape index (κ3) is 4.90. The zero-order valence-electron chi connectivity index (χ0n) is 13.3. The number of pyridine rings is 1. The highest BCUT2D eigenvalue weighted by Crippen LogP contribution is 2.21. The Hall–Kier alpha value is -1.67. The van der Waals surface area contributed by atoms with Gasteiger partial charge in [0.15, 0.2) is 0 Å². The average molecular weight is 341 g/mol. The van der Waals surface area contributed by atoms with Gasteiger partial charge in [-0.3, -0.25) is 9.78 Å². The first-order chi connectivity index (χ1) is 10.9. The van der Waals surface area contributed by atoms with Gasteiger partial charge in [-0.2, -0.15) is 4.31 Å². The van der Waals surface area contributed by atoms with E-state index in [4.69, 9.17) is 10.5 Å². The minimum atomic E-state index is -3.23. The molecule has 1 aromatic heterocycles. The fourth-order valence-corrected chi connectivity index (χ4v) is 4.23.